The number of carbonyl (C=O) groups excluding carboxylic acids is 2. The Morgan fingerprint density at radius 3 is 2.43 bits per heavy atom. The average molecular weight is 429 g/mol. The fraction of sp³-hybridized carbons (Fsp3) is 0.440. The van der Waals surface area contributed by atoms with E-state index >= 15 is 0 Å². The molecule has 0 saturated carbocycles. The van der Waals surface area contributed by atoms with Crippen LogP contribution in [0.3, 0.4) is 0 Å². The highest BCUT2D eigenvalue weighted by molar-refractivity contribution is 6.31. The van der Waals surface area contributed by atoms with E-state index in [1.165, 1.54) is 0 Å². The van der Waals surface area contributed by atoms with E-state index in [2.05, 4.69) is 11.4 Å². The predicted molar refractivity (Wildman–Crippen MR) is 123 cm³/mol. The molecule has 2 rings (SSSR count). The molecule has 0 fully saturated rings. The number of halogens is 1. The summed E-state index contributed by atoms with van der Waals surface area (Å²) in [5.74, 6) is -0.131. The monoisotopic (exact) mass is 428 g/mol. The van der Waals surface area contributed by atoms with Gasteiger partial charge in [-0.1, -0.05) is 73.5 Å². The lowest BCUT2D eigenvalue weighted by atomic mass is 10.0. The molecule has 30 heavy (non-hydrogen) atoms. The van der Waals surface area contributed by atoms with Gasteiger partial charge in [0.1, 0.15) is 6.04 Å². The van der Waals surface area contributed by atoms with Crippen molar-refractivity contribution in [3.63, 3.8) is 0 Å². The molecule has 0 aliphatic heterocycles. The Bertz CT molecular complexity index is 853. The predicted octanol–water partition coefficient (Wildman–Crippen LogP) is 5.30. The largest absolute Gasteiger partial charge is 0.352 e. The lowest BCUT2D eigenvalue weighted by Crippen LogP contribution is -2.50. The van der Waals surface area contributed by atoms with Crippen molar-refractivity contribution >= 4 is 23.4 Å². The minimum Gasteiger partial charge on any atom is -0.352 e. The highest BCUT2D eigenvalue weighted by Gasteiger charge is 2.29. The van der Waals surface area contributed by atoms with Crippen LogP contribution >= 0.6 is 11.6 Å². The van der Waals surface area contributed by atoms with Gasteiger partial charge in [0.15, 0.2) is 0 Å². The third-order valence-corrected chi connectivity index (χ3v) is 5.76. The quantitative estimate of drug-likeness (QED) is 0.558. The molecule has 1 N–H and O–H groups in total. The van der Waals surface area contributed by atoms with Crippen molar-refractivity contribution in [2.75, 3.05) is 0 Å². The summed E-state index contributed by atoms with van der Waals surface area (Å²) in [6.45, 7) is 8.40. The summed E-state index contributed by atoms with van der Waals surface area (Å²) < 4.78 is 0. The van der Waals surface area contributed by atoms with Crippen LogP contribution in [-0.4, -0.2) is 28.8 Å². The summed E-state index contributed by atoms with van der Waals surface area (Å²) in [5, 5.41) is 3.71. The molecule has 4 nitrogen and oxygen atoms in total. The second kappa shape index (κ2) is 11.8. The summed E-state index contributed by atoms with van der Waals surface area (Å²) in [4.78, 5) is 28.0. The Kier molecular flexibility index (Phi) is 9.38. The third-order valence-electron chi connectivity index (χ3n) is 5.39. The normalized spacial score (nSPS) is 12.8. The van der Waals surface area contributed by atoms with Crippen LogP contribution < -0.4 is 5.32 Å². The first-order chi connectivity index (χ1) is 14.3. The molecule has 0 aromatic heterocycles. The minimum absolute atomic E-state index is 0.0393. The van der Waals surface area contributed by atoms with Gasteiger partial charge in [0.25, 0.3) is 0 Å². The first-order valence-corrected chi connectivity index (χ1v) is 11.1. The van der Waals surface area contributed by atoms with Gasteiger partial charge in [0, 0.05) is 24.0 Å². The molecule has 0 bridgehead atoms. The Labute approximate surface area is 185 Å². The van der Waals surface area contributed by atoms with Crippen LogP contribution in [0.25, 0.3) is 0 Å². The van der Waals surface area contributed by atoms with Gasteiger partial charge < -0.3 is 10.2 Å². The molecule has 2 aromatic carbocycles. The van der Waals surface area contributed by atoms with Gasteiger partial charge in [0.05, 0.1) is 0 Å². The summed E-state index contributed by atoms with van der Waals surface area (Å²) in [6.07, 6.45) is 2.27. The third kappa shape index (κ3) is 6.88. The zero-order valence-electron chi connectivity index (χ0n) is 18.5. The molecule has 0 unspecified atom stereocenters. The number of aryl methyl sites for hydroxylation is 2. The van der Waals surface area contributed by atoms with Gasteiger partial charge in [-0.3, -0.25) is 9.59 Å². The van der Waals surface area contributed by atoms with Gasteiger partial charge >= 0.3 is 0 Å². The molecule has 0 aliphatic carbocycles. The molecule has 2 atom stereocenters. The fourth-order valence-electron chi connectivity index (χ4n) is 3.45. The Balaban J connectivity index is 2.23. The van der Waals surface area contributed by atoms with E-state index in [0.29, 0.717) is 30.8 Å². The number of nitrogens with zero attached hydrogens (tertiary/aromatic N) is 1. The van der Waals surface area contributed by atoms with Gasteiger partial charge in [-0.2, -0.15) is 0 Å². The van der Waals surface area contributed by atoms with Crippen molar-refractivity contribution in [1.29, 1.82) is 0 Å². The molecule has 2 amide bonds. The van der Waals surface area contributed by atoms with Crippen LogP contribution in [0.2, 0.25) is 5.02 Å². The smallest absolute Gasteiger partial charge is 0.243 e. The molecular weight excluding hydrogens is 396 g/mol. The zero-order valence-corrected chi connectivity index (χ0v) is 19.2. The number of benzene rings is 2. The molecular formula is C25H33ClN2O2. The molecule has 0 saturated heterocycles. The molecule has 2 aromatic rings. The number of amides is 2. The van der Waals surface area contributed by atoms with Crippen LogP contribution in [0.1, 0.15) is 56.7 Å². The second-order valence-corrected chi connectivity index (χ2v) is 8.25. The molecule has 162 valence electrons. The minimum atomic E-state index is -0.502. The van der Waals surface area contributed by atoms with Gasteiger partial charge in [-0.15, -0.1) is 0 Å². The Morgan fingerprint density at radius 2 is 1.80 bits per heavy atom. The average Bonchev–Trinajstić information content (AvgIpc) is 2.72. The molecule has 0 spiro atoms. The lowest BCUT2D eigenvalue weighted by molar-refractivity contribution is -0.141. The number of hydrogen-bond acceptors (Lipinski definition) is 2. The van der Waals surface area contributed by atoms with Crippen LogP contribution in [0.15, 0.2) is 48.5 Å². The van der Waals surface area contributed by atoms with Crippen LogP contribution in [-0.2, 0) is 22.6 Å². The van der Waals surface area contributed by atoms with Crippen LogP contribution in [0.4, 0.5) is 0 Å². The number of hydrogen-bond donors (Lipinski definition) is 1. The Hall–Kier alpha value is -2.33. The molecule has 0 radical (unpaired) electrons. The summed E-state index contributed by atoms with van der Waals surface area (Å²) in [7, 11) is 0. The summed E-state index contributed by atoms with van der Waals surface area (Å²) in [5.41, 5.74) is 3.10. The van der Waals surface area contributed by atoms with Crippen LogP contribution in [0, 0.1) is 6.92 Å². The van der Waals surface area contributed by atoms with E-state index in [1.54, 1.807) is 4.90 Å². The maximum Gasteiger partial charge on any atom is 0.243 e. The molecule has 5 heteroatoms. The summed E-state index contributed by atoms with van der Waals surface area (Å²) in [6, 6.07) is 15.2. The highest BCUT2D eigenvalue weighted by Crippen LogP contribution is 2.19. The maximum atomic E-state index is 13.3. The van der Waals surface area contributed by atoms with Crippen molar-refractivity contribution in [1.82, 2.24) is 10.2 Å². The maximum absolute atomic E-state index is 13.3. The van der Waals surface area contributed by atoms with E-state index < -0.39 is 6.04 Å². The van der Waals surface area contributed by atoms with Gasteiger partial charge in [0.2, 0.25) is 11.8 Å². The van der Waals surface area contributed by atoms with E-state index in [1.807, 2.05) is 70.2 Å². The fourth-order valence-corrected chi connectivity index (χ4v) is 3.68. The Morgan fingerprint density at radius 1 is 1.07 bits per heavy atom. The van der Waals surface area contributed by atoms with E-state index in [4.69, 9.17) is 11.6 Å². The lowest BCUT2D eigenvalue weighted by Gasteiger charge is -2.31. The standard InChI is InChI=1S/C25H33ClN2O2/c1-5-19(4)27-25(30)23(6-2)28(17-20-11-9-10-18(3)16-20)24(29)15-14-21-12-7-8-13-22(21)26/h7-13,16,19,23H,5-6,14-15,17H2,1-4H3,(H,27,30)/t19-,23-/m0/s1. The number of rotatable bonds is 10. The number of carbonyl (C=O) groups is 2. The topological polar surface area (TPSA) is 49.4 Å². The van der Waals surface area contributed by atoms with Gasteiger partial charge in [-0.25, -0.2) is 0 Å². The molecule has 0 aliphatic rings. The van der Waals surface area contributed by atoms with Crippen LogP contribution in [0.5, 0.6) is 0 Å². The zero-order chi connectivity index (χ0) is 22.1. The summed E-state index contributed by atoms with van der Waals surface area (Å²) >= 11 is 6.26. The molecule has 0 heterocycles. The highest BCUT2D eigenvalue weighted by atomic mass is 35.5. The van der Waals surface area contributed by atoms with Crippen molar-refractivity contribution in [2.24, 2.45) is 0 Å². The van der Waals surface area contributed by atoms with Crippen molar-refractivity contribution in [3.05, 3.63) is 70.2 Å². The van der Waals surface area contributed by atoms with E-state index in [-0.39, 0.29) is 17.9 Å². The second-order valence-electron chi connectivity index (χ2n) is 7.84. The first-order valence-electron chi connectivity index (χ1n) is 10.7. The van der Waals surface area contributed by atoms with Crippen molar-refractivity contribution in [3.8, 4) is 0 Å². The SMILES string of the molecule is CC[C@H](C)NC(=O)[C@H](CC)N(Cc1cccc(C)c1)C(=O)CCc1ccccc1Cl. The number of nitrogens with one attached hydrogen (secondary N) is 1. The van der Waals surface area contributed by atoms with Crippen molar-refractivity contribution < 1.29 is 9.59 Å². The van der Waals surface area contributed by atoms with E-state index in [0.717, 1.165) is 23.1 Å². The van der Waals surface area contributed by atoms with Crippen molar-refractivity contribution in [2.45, 2.75) is 72.0 Å². The van der Waals surface area contributed by atoms with E-state index in [9.17, 15) is 9.59 Å². The first kappa shape index (κ1) is 23.9. The van der Waals surface area contributed by atoms with Gasteiger partial charge in [-0.05, 0) is 50.3 Å².